The van der Waals surface area contributed by atoms with Crippen molar-refractivity contribution >= 4 is 17.5 Å². The van der Waals surface area contributed by atoms with Gasteiger partial charge in [-0.05, 0) is 75.0 Å². The van der Waals surface area contributed by atoms with E-state index in [0.717, 1.165) is 23.6 Å². The average molecular weight is 420 g/mol. The number of nitrogens with zero attached hydrogens (tertiary/aromatic N) is 2. The second-order valence-electron chi connectivity index (χ2n) is 9.12. The Labute approximate surface area is 185 Å². The third-order valence-electron chi connectivity index (χ3n) is 6.74. The zero-order chi connectivity index (χ0) is 21.6. The molecule has 164 valence electrons. The highest BCUT2D eigenvalue weighted by molar-refractivity contribution is 5.95. The van der Waals surface area contributed by atoms with Crippen LogP contribution in [0, 0.1) is 5.92 Å². The predicted molar refractivity (Wildman–Crippen MR) is 124 cm³/mol. The van der Waals surface area contributed by atoms with Gasteiger partial charge in [0.05, 0.1) is 6.54 Å². The fraction of sp³-hybridized carbons (Fsp3) is 0.462. The number of rotatable bonds is 7. The maximum absolute atomic E-state index is 12.5. The highest BCUT2D eigenvalue weighted by Crippen LogP contribution is 2.28. The van der Waals surface area contributed by atoms with E-state index in [1.54, 1.807) is 4.90 Å². The number of amides is 2. The first-order chi connectivity index (χ1) is 15.1. The molecule has 2 aliphatic rings. The molecule has 0 radical (unpaired) electrons. The van der Waals surface area contributed by atoms with Crippen LogP contribution < -0.4 is 5.32 Å². The van der Waals surface area contributed by atoms with Gasteiger partial charge < -0.3 is 15.1 Å². The van der Waals surface area contributed by atoms with Crippen LogP contribution in [0.3, 0.4) is 0 Å². The van der Waals surface area contributed by atoms with Gasteiger partial charge in [0.15, 0.2) is 0 Å². The Morgan fingerprint density at radius 2 is 1.74 bits per heavy atom. The zero-order valence-electron chi connectivity index (χ0n) is 18.4. The van der Waals surface area contributed by atoms with Gasteiger partial charge in [0.1, 0.15) is 0 Å². The van der Waals surface area contributed by atoms with Gasteiger partial charge >= 0.3 is 0 Å². The Balaban J connectivity index is 1.23. The smallest absolute Gasteiger partial charge is 0.243 e. The second kappa shape index (κ2) is 10.1. The highest BCUT2D eigenvalue weighted by atomic mass is 16.2. The Bertz CT molecular complexity index is 873. The van der Waals surface area contributed by atoms with Crippen LogP contribution >= 0.6 is 0 Å². The summed E-state index contributed by atoms with van der Waals surface area (Å²) >= 11 is 0. The molecule has 1 atom stereocenters. The lowest BCUT2D eigenvalue weighted by Gasteiger charge is -2.28. The highest BCUT2D eigenvalue weighted by Gasteiger charge is 2.31. The summed E-state index contributed by atoms with van der Waals surface area (Å²) in [6.45, 7) is 3.13. The number of likely N-dealkylation sites (tertiary alicyclic amines) is 2. The van der Waals surface area contributed by atoms with E-state index in [0.29, 0.717) is 13.0 Å². The fourth-order valence-electron chi connectivity index (χ4n) is 4.72. The van der Waals surface area contributed by atoms with Gasteiger partial charge in [-0.3, -0.25) is 9.59 Å². The molecule has 1 unspecified atom stereocenters. The molecule has 0 saturated carbocycles. The normalized spacial score (nSPS) is 20.2. The van der Waals surface area contributed by atoms with Gasteiger partial charge in [-0.15, -0.1) is 0 Å². The van der Waals surface area contributed by atoms with E-state index in [-0.39, 0.29) is 24.3 Å². The number of carbonyl (C=O) groups is 2. The number of benzene rings is 2. The summed E-state index contributed by atoms with van der Waals surface area (Å²) in [6.07, 6.45) is 5.39. The molecule has 2 saturated heterocycles. The van der Waals surface area contributed by atoms with Crippen LogP contribution in [-0.2, 0) is 16.0 Å². The molecule has 0 bridgehead atoms. The molecule has 5 heteroatoms. The largest absolute Gasteiger partial charge is 0.333 e. The predicted octanol–water partition coefficient (Wildman–Crippen LogP) is 3.92. The number of piperidine rings is 1. The molecule has 5 nitrogen and oxygen atoms in total. The molecular formula is C26H33N3O2. The SMILES string of the molecule is CN1CCC(CCc2ccc(NC(=O)CN3CC(c4ccccc4)CC3=O)cc2)CC1. The Morgan fingerprint density at radius 3 is 2.45 bits per heavy atom. The fourth-order valence-corrected chi connectivity index (χ4v) is 4.72. The molecule has 0 aromatic heterocycles. The number of aryl methyl sites for hydroxylation is 1. The average Bonchev–Trinajstić information content (AvgIpc) is 3.15. The number of hydrogen-bond acceptors (Lipinski definition) is 3. The third kappa shape index (κ3) is 5.95. The van der Waals surface area contributed by atoms with Crippen LogP contribution in [0.25, 0.3) is 0 Å². The molecule has 2 aromatic carbocycles. The van der Waals surface area contributed by atoms with E-state index in [4.69, 9.17) is 0 Å². The molecule has 0 aliphatic carbocycles. The van der Waals surface area contributed by atoms with Crippen LogP contribution in [-0.4, -0.2) is 54.8 Å². The van der Waals surface area contributed by atoms with Crippen molar-refractivity contribution in [2.24, 2.45) is 5.92 Å². The molecule has 1 N–H and O–H groups in total. The number of carbonyl (C=O) groups excluding carboxylic acids is 2. The summed E-state index contributed by atoms with van der Waals surface area (Å²) in [6, 6.07) is 18.2. The summed E-state index contributed by atoms with van der Waals surface area (Å²) < 4.78 is 0. The second-order valence-corrected chi connectivity index (χ2v) is 9.12. The zero-order valence-corrected chi connectivity index (χ0v) is 18.4. The Morgan fingerprint density at radius 1 is 1.03 bits per heavy atom. The van der Waals surface area contributed by atoms with Crippen molar-refractivity contribution in [3.8, 4) is 0 Å². The minimum atomic E-state index is -0.138. The lowest BCUT2D eigenvalue weighted by molar-refractivity contribution is -0.131. The minimum absolute atomic E-state index is 0.0493. The van der Waals surface area contributed by atoms with Gasteiger partial charge in [0, 0.05) is 24.6 Å². The number of hydrogen-bond donors (Lipinski definition) is 1. The van der Waals surface area contributed by atoms with Crippen molar-refractivity contribution in [1.82, 2.24) is 9.80 Å². The Kier molecular flexibility index (Phi) is 7.03. The lowest BCUT2D eigenvalue weighted by atomic mass is 9.91. The molecule has 4 rings (SSSR count). The van der Waals surface area contributed by atoms with E-state index < -0.39 is 0 Å². The van der Waals surface area contributed by atoms with Crippen molar-refractivity contribution in [1.29, 1.82) is 0 Å². The van der Waals surface area contributed by atoms with Gasteiger partial charge in [-0.25, -0.2) is 0 Å². The molecule has 2 heterocycles. The van der Waals surface area contributed by atoms with Gasteiger partial charge in [-0.1, -0.05) is 42.5 Å². The summed E-state index contributed by atoms with van der Waals surface area (Å²) in [5.74, 6) is 0.910. The van der Waals surface area contributed by atoms with Crippen LogP contribution in [0.1, 0.15) is 42.7 Å². The van der Waals surface area contributed by atoms with Crippen molar-refractivity contribution < 1.29 is 9.59 Å². The van der Waals surface area contributed by atoms with E-state index in [1.807, 2.05) is 30.3 Å². The topological polar surface area (TPSA) is 52.7 Å². The minimum Gasteiger partial charge on any atom is -0.333 e. The van der Waals surface area contributed by atoms with Gasteiger partial charge in [-0.2, -0.15) is 0 Å². The maximum atomic E-state index is 12.5. The van der Waals surface area contributed by atoms with Crippen LogP contribution in [0.2, 0.25) is 0 Å². The summed E-state index contributed by atoms with van der Waals surface area (Å²) in [5.41, 5.74) is 3.27. The number of nitrogens with one attached hydrogen (secondary N) is 1. The molecule has 2 aromatic rings. The van der Waals surface area contributed by atoms with E-state index in [1.165, 1.54) is 37.9 Å². The van der Waals surface area contributed by atoms with Gasteiger partial charge in [0.2, 0.25) is 11.8 Å². The summed E-state index contributed by atoms with van der Waals surface area (Å²) in [4.78, 5) is 28.9. The summed E-state index contributed by atoms with van der Waals surface area (Å²) in [7, 11) is 2.20. The first kappa shape index (κ1) is 21.6. The number of anilines is 1. The monoisotopic (exact) mass is 419 g/mol. The quantitative estimate of drug-likeness (QED) is 0.740. The standard InChI is InChI=1S/C26H33N3O2/c1-28-15-13-21(14-16-28)8-7-20-9-11-24(12-10-20)27-25(30)19-29-18-23(17-26(29)31)22-5-3-2-4-6-22/h2-6,9-12,21,23H,7-8,13-19H2,1H3,(H,27,30). The Hall–Kier alpha value is -2.66. The molecule has 2 fully saturated rings. The third-order valence-corrected chi connectivity index (χ3v) is 6.74. The van der Waals surface area contributed by atoms with Crippen LogP contribution in [0.15, 0.2) is 54.6 Å². The molecule has 0 spiro atoms. The van der Waals surface area contributed by atoms with E-state index in [2.05, 4.69) is 41.5 Å². The van der Waals surface area contributed by atoms with Crippen molar-refractivity contribution in [2.75, 3.05) is 38.5 Å². The van der Waals surface area contributed by atoms with Gasteiger partial charge in [0.25, 0.3) is 0 Å². The first-order valence-electron chi connectivity index (χ1n) is 11.5. The van der Waals surface area contributed by atoms with Crippen LogP contribution in [0.4, 0.5) is 5.69 Å². The van der Waals surface area contributed by atoms with E-state index in [9.17, 15) is 9.59 Å². The van der Waals surface area contributed by atoms with Crippen molar-refractivity contribution in [2.45, 2.75) is 38.0 Å². The molecule has 2 amide bonds. The molecule has 2 aliphatic heterocycles. The van der Waals surface area contributed by atoms with Crippen molar-refractivity contribution in [3.05, 3.63) is 65.7 Å². The molecular weight excluding hydrogens is 386 g/mol. The first-order valence-corrected chi connectivity index (χ1v) is 11.5. The van der Waals surface area contributed by atoms with Crippen molar-refractivity contribution in [3.63, 3.8) is 0 Å². The maximum Gasteiger partial charge on any atom is 0.243 e. The van der Waals surface area contributed by atoms with E-state index >= 15 is 0 Å². The van der Waals surface area contributed by atoms with Crippen LogP contribution in [0.5, 0.6) is 0 Å². The lowest BCUT2D eigenvalue weighted by Crippen LogP contribution is -2.34. The summed E-state index contributed by atoms with van der Waals surface area (Å²) in [5, 5.41) is 2.94. The molecule has 31 heavy (non-hydrogen) atoms.